The first-order chi connectivity index (χ1) is 9.06. The maximum Gasteiger partial charge on any atom is 0.0613 e. The van der Waals surface area contributed by atoms with Crippen LogP contribution in [-0.2, 0) is 6.42 Å². The van der Waals surface area contributed by atoms with Gasteiger partial charge in [-0.2, -0.15) is 0 Å². The van der Waals surface area contributed by atoms with Crippen molar-refractivity contribution >= 4 is 28.9 Å². The van der Waals surface area contributed by atoms with Crippen molar-refractivity contribution in [2.45, 2.75) is 13.3 Å². The van der Waals surface area contributed by atoms with Crippen LogP contribution in [0.4, 0.5) is 5.69 Å². The summed E-state index contributed by atoms with van der Waals surface area (Å²) < 4.78 is 0. The molecule has 1 heterocycles. The molecule has 0 atom stereocenters. The van der Waals surface area contributed by atoms with E-state index in [-0.39, 0.29) is 0 Å². The standard InChI is InChI=1S/C14H15Cl2N3/c1-10-2-3-11(9-18-10)6-7-19(17)12-4-5-13(15)14(16)8-12/h2-5,8-9H,6-7,17H2,1H3. The summed E-state index contributed by atoms with van der Waals surface area (Å²) >= 11 is 11.8. The molecule has 0 saturated heterocycles. The van der Waals surface area contributed by atoms with E-state index in [4.69, 9.17) is 29.0 Å². The minimum atomic E-state index is 0.506. The lowest BCUT2D eigenvalue weighted by Crippen LogP contribution is -2.32. The molecule has 0 saturated carbocycles. The number of pyridine rings is 1. The van der Waals surface area contributed by atoms with E-state index in [1.165, 1.54) is 0 Å². The minimum absolute atomic E-state index is 0.506. The number of benzene rings is 1. The molecule has 1 aromatic carbocycles. The zero-order valence-corrected chi connectivity index (χ0v) is 12.1. The Kier molecular flexibility index (Phi) is 4.64. The van der Waals surface area contributed by atoms with Gasteiger partial charge in [0.25, 0.3) is 0 Å². The highest BCUT2D eigenvalue weighted by Gasteiger charge is 2.05. The molecule has 3 nitrogen and oxygen atoms in total. The van der Waals surface area contributed by atoms with Crippen molar-refractivity contribution in [1.29, 1.82) is 0 Å². The topological polar surface area (TPSA) is 42.1 Å². The fourth-order valence-electron chi connectivity index (χ4n) is 1.69. The molecule has 0 aliphatic carbocycles. The van der Waals surface area contributed by atoms with Gasteiger partial charge >= 0.3 is 0 Å². The number of anilines is 1. The van der Waals surface area contributed by atoms with E-state index in [0.717, 1.165) is 23.4 Å². The van der Waals surface area contributed by atoms with Crippen LogP contribution in [0.3, 0.4) is 0 Å². The summed E-state index contributed by atoms with van der Waals surface area (Å²) in [6.07, 6.45) is 2.70. The molecule has 0 unspecified atom stereocenters. The first kappa shape index (κ1) is 14.1. The largest absolute Gasteiger partial charge is 0.311 e. The van der Waals surface area contributed by atoms with Gasteiger partial charge in [0.2, 0.25) is 0 Å². The lowest BCUT2D eigenvalue weighted by Gasteiger charge is -2.19. The molecular formula is C14H15Cl2N3. The van der Waals surface area contributed by atoms with Gasteiger partial charge in [0.15, 0.2) is 0 Å². The third-order valence-corrected chi connectivity index (χ3v) is 3.59. The zero-order valence-electron chi connectivity index (χ0n) is 10.6. The molecule has 19 heavy (non-hydrogen) atoms. The lowest BCUT2D eigenvalue weighted by atomic mass is 10.2. The predicted molar refractivity (Wildman–Crippen MR) is 80.7 cm³/mol. The Morgan fingerprint density at radius 2 is 1.95 bits per heavy atom. The summed E-state index contributed by atoms with van der Waals surface area (Å²) in [5.41, 5.74) is 3.01. The highest BCUT2D eigenvalue weighted by Crippen LogP contribution is 2.26. The molecule has 1 aromatic heterocycles. The quantitative estimate of drug-likeness (QED) is 0.692. The van der Waals surface area contributed by atoms with E-state index >= 15 is 0 Å². The summed E-state index contributed by atoms with van der Waals surface area (Å²) in [4.78, 5) is 4.26. The fourth-order valence-corrected chi connectivity index (χ4v) is 1.98. The second-order valence-corrected chi connectivity index (χ2v) is 5.16. The summed E-state index contributed by atoms with van der Waals surface area (Å²) in [6.45, 7) is 2.65. The van der Waals surface area contributed by atoms with Crippen LogP contribution < -0.4 is 10.9 Å². The van der Waals surface area contributed by atoms with Gasteiger partial charge in [-0.3, -0.25) is 4.98 Å². The monoisotopic (exact) mass is 295 g/mol. The van der Waals surface area contributed by atoms with Gasteiger partial charge in [0.1, 0.15) is 0 Å². The van der Waals surface area contributed by atoms with Crippen LogP contribution in [0.2, 0.25) is 10.0 Å². The number of nitrogens with zero attached hydrogens (tertiary/aromatic N) is 2. The second kappa shape index (κ2) is 6.24. The Bertz CT molecular complexity index is 555. The Morgan fingerprint density at radius 3 is 2.58 bits per heavy atom. The van der Waals surface area contributed by atoms with Crippen molar-refractivity contribution in [2.75, 3.05) is 11.6 Å². The molecule has 2 aromatic rings. The number of nitrogens with two attached hydrogens (primary N) is 1. The molecule has 0 fully saturated rings. The molecule has 0 aliphatic rings. The first-order valence-electron chi connectivity index (χ1n) is 5.95. The van der Waals surface area contributed by atoms with E-state index in [1.807, 2.05) is 25.3 Å². The van der Waals surface area contributed by atoms with Crippen LogP contribution in [0.15, 0.2) is 36.5 Å². The summed E-state index contributed by atoms with van der Waals surface area (Å²) in [7, 11) is 0. The molecule has 0 amide bonds. The van der Waals surface area contributed by atoms with Gasteiger partial charge in [0.05, 0.1) is 15.7 Å². The van der Waals surface area contributed by atoms with E-state index in [2.05, 4.69) is 11.1 Å². The molecule has 100 valence electrons. The summed E-state index contributed by atoms with van der Waals surface area (Å²) in [5, 5.41) is 2.69. The third kappa shape index (κ3) is 3.83. The van der Waals surface area contributed by atoms with Gasteiger partial charge in [-0.15, -0.1) is 0 Å². The molecule has 5 heteroatoms. The number of aromatic nitrogens is 1. The zero-order chi connectivity index (χ0) is 13.8. The van der Waals surface area contributed by atoms with Crippen LogP contribution in [0, 0.1) is 6.92 Å². The molecule has 0 radical (unpaired) electrons. The van der Waals surface area contributed by atoms with E-state index in [1.54, 1.807) is 17.1 Å². The first-order valence-corrected chi connectivity index (χ1v) is 6.70. The number of halogens is 2. The molecule has 0 aliphatic heterocycles. The maximum absolute atomic E-state index is 6.00. The molecule has 2 N–H and O–H groups in total. The Hall–Kier alpha value is -1.29. The summed E-state index contributed by atoms with van der Waals surface area (Å²) in [5.74, 6) is 6.00. The van der Waals surface area contributed by atoms with E-state index < -0.39 is 0 Å². The van der Waals surface area contributed by atoms with Crippen LogP contribution in [0.25, 0.3) is 0 Å². The van der Waals surface area contributed by atoms with Gasteiger partial charge in [0, 0.05) is 18.4 Å². The Labute approximate surface area is 122 Å². The molecular weight excluding hydrogens is 281 g/mol. The van der Waals surface area contributed by atoms with Gasteiger partial charge in [-0.05, 0) is 43.2 Å². The smallest absolute Gasteiger partial charge is 0.0613 e. The normalized spacial score (nSPS) is 10.5. The van der Waals surface area contributed by atoms with Gasteiger partial charge < -0.3 is 5.01 Å². The fraction of sp³-hybridized carbons (Fsp3) is 0.214. The van der Waals surface area contributed by atoms with Gasteiger partial charge in [-0.25, -0.2) is 5.84 Å². The average molecular weight is 296 g/mol. The average Bonchev–Trinajstić information content (AvgIpc) is 2.41. The van der Waals surface area contributed by atoms with Crippen molar-refractivity contribution < 1.29 is 0 Å². The second-order valence-electron chi connectivity index (χ2n) is 4.35. The van der Waals surface area contributed by atoms with Crippen molar-refractivity contribution in [3.05, 3.63) is 57.8 Å². The lowest BCUT2D eigenvalue weighted by molar-refractivity contribution is 0.820. The van der Waals surface area contributed by atoms with Crippen molar-refractivity contribution in [1.82, 2.24) is 4.98 Å². The summed E-state index contributed by atoms with van der Waals surface area (Å²) in [6, 6.07) is 9.41. The van der Waals surface area contributed by atoms with Crippen molar-refractivity contribution in [3.8, 4) is 0 Å². The van der Waals surface area contributed by atoms with Gasteiger partial charge in [-0.1, -0.05) is 29.3 Å². The molecule has 0 bridgehead atoms. The number of aryl methyl sites for hydroxylation is 1. The van der Waals surface area contributed by atoms with Crippen molar-refractivity contribution in [2.24, 2.45) is 5.84 Å². The SMILES string of the molecule is Cc1ccc(CCN(N)c2ccc(Cl)c(Cl)c2)cn1. The number of hydrogen-bond donors (Lipinski definition) is 1. The van der Waals surface area contributed by atoms with Crippen LogP contribution in [0.1, 0.15) is 11.3 Å². The number of hydrazine groups is 1. The van der Waals surface area contributed by atoms with E-state index in [0.29, 0.717) is 16.6 Å². The van der Waals surface area contributed by atoms with E-state index in [9.17, 15) is 0 Å². The third-order valence-electron chi connectivity index (χ3n) is 2.85. The van der Waals surface area contributed by atoms with Crippen LogP contribution in [-0.4, -0.2) is 11.5 Å². The highest BCUT2D eigenvalue weighted by molar-refractivity contribution is 6.42. The predicted octanol–water partition coefficient (Wildman–Crippen LogP) is 3.62. The Balaban J connectivity index is 1.98. The number of rotatable bonds is 4. The number of hydrogen-bond acceptors (Lipinski definition) is 3. The van der Waals surface area contributed by atoms with Crippen LogP contribution in [0.5, 0.6) is 0 Å². The van der Waals surface area contributed by atoms with Crippen LogP contribution >= 0.6 is 23.2 Å². The minimum Gasteiger partial charge on any atom is -0.311 e. The Morgan fingerprint density at radius 1 is 1.16 bits per heavy atom. The molecule has 2 rings (SSSR count). The highest BCUT2D eigenvalue weighted by atomic mass is 35.5. The maximum atomic E-state index is 6.00. The van der Waals surface area contributed by atoms with Crippen molar-refractivity contribution in [3.63, 3.8) is 0 Å². The molecule has 0 spiro atoms.